The highest BCUT2D eigenvalue weighted by atomic mass is 16.5. The van der Waals surface area contributed by atoms with Crippen LogP contribution in [0, 0.1) is 11.8 Å². The maximum absolute atomic E-state index is 5.56. The number of hydrogen-bond donors (Lipinski definition) is 1. The van der Waals surface area contributed by atoms with Crippen LogP contribution in [0.4, 0.5) is 0 Å². The lowest BCUT2D eigenvalue weighted by atomic mass is 9.80. The number of hydrogen-bond acceptors (Lipinski definition) is 4. The van der Waals surface area contributed by atoms with Gasteiger partial charge in [0.25, 0.3) is 0 Å². The molecule has 1 aromatic rings. The van der Waals surface area contributed by atoms with Gasteiger partial charge in [-0.15, -0.1) is 0 Å². The Kier molecular flexibility index (Phi) is 4.39. The van der Waals surface area contributed by atoms with Crippen LogP contribution in [0.1, 0.15) is 82.5 Å². The molecular formula is C16H27N3O. The predicted octanol–water partition coefficient (Wildman–Crippen LogP) is 3.81. The maximum atomic E-state index is 5.56. The van der Waals surface area contributed by atoms with Gasteiger partial charge in [0.05, 0.1) is 6.04 Å². The quantitative estimate of drug-likeness (QED) is 0.912. The first-order valence-electron chi connectivity index (χ1n) is 8.34. The molecule has 20 heavy (non-hydrogen) atoms. The Balaban J connectivity index is 1.64. The van der Waals surface area contributed by atoms with Gasteiger partial charge < -0.3 is 9.84 Å². The molecule has 1 saturated heterocycles. The number of nitrogens with zero attached hydrogens (tertiary/aromatic N) is 2. The molecule has 3 rings (SSSR count). The van der Waals surface area contributed by atoms with Gasteiger partial charge >= 0.3 is 0 Å². The number of nitrogens with one attached hydrogen (secondary N) is 1. The predicted molar refractivity (Wildman–Crippen MR) is 78.4 cm³/mol. The van der Waals surface area contributed by atoms with Gasteiger partial charge in [0, 0.05) is 5.92 Å². The van der Waals surface area contributed by atoms with Crippen molar-refractivity contribution in [3.05, 3.63) is 11.7 Å². The molecule has 4 heteroatoms. The standard InChI is InChI=1S/C16H27N3O/c1-3-12-6-8-13(9-7-12)15-18-16(20-19-15)14-11(2)5-4-10-17-14/h11-14,17H,3-10H2,1-2H3. The highest BCUT2D eigenvalue weighted by Crippen LogP contribution is 2.36. The third-order valence-corrected chi connectivity index (χ3v) is 5.28. The van der Waals surface area contributed by atoms with E-state index in [-0.39, 0.29) is 6.04 Å². The van der Waals surface area contributed by atoms with E-state index in [1.165, 1.54) is 44.9 Å². The van der Waals surface area contributed by atoms with E-state index >= 15 is 0 Å². The fraction of sp³-hybridized carbons (Fsp3) is 0.875. The van der Waals surface area contributed by atoms with Crippen LogP contribution >= 0.6 is 0 Å². The summed E-state index contributed by atoms with van der Waals surface area (Å²) in [6.07, 6.45) is 8.91. The van der Waals surface area contributed by atoms with Gasteiger partial charge in [-0.1, -0.05) is 25.4 Å². The van der Waals surface area contributed by atoms with Gasteiger partial charge in [-0.05, 0) is 56.9 Å². The summed E-state index contributed by atoms with van der Waals surface area (Å²) in [6.45, 7) is 5.63. The van der Waals surface area contributed by atoms with Gasteiger partial charge in [0.15, 0.2) is 5.82 Å². The fourth-order valence-electron chi connectivity index (χ4n) is 3.75. The molecule has 112 valence electrons. The average molecular weight is 277 g/mol. The Labute approximate surface area is 121 Å². The fourth-order valence-corrected chi connectivity index (χ4v) is 3.75. The summed E-state index contributed by atoms with van der Waals surface area (Å²) in [5.74, 6) is 3.79. The van der Waals surface area contributed by atoms with Crippen molar-refractivity contribution in [1.82, 2.24) is 15.5 Å². The topological polar surface area (TPSA) is 51.0 Å². The minimum atomic E-state index is 0.261. The number of aromatic nitrogens is 2. The van der Waals surface area contributed by atoms with E-state index in [1.807, 2.05) is 0 Å². The van der Waals surface area contributed by atoms with Crippen molar-refractivity contribution in [2.24, 2.45) is 11.8 Å². The molecule has 2 heterocycles. The molecule has 4 nitrogen and oxygen atoms in total. The second kappa shape index (κ2) is 6.25. The number of rotatable bonds is 3. The van der Waals surface area contributed by atoms with E-state index in [2.05, 4.69) is 24.3 Å². The van der Waals surface area contributed by atoms with E-state index < -0.39 is 0 Å². The van der Waals surface area contributed by atoms with Crippen molar-refractivity contribution in [3.8, 4) is 0 Å². The largest absolute Gasteiger partial charge is 0.338 e. The molecule has 0 radical (unpaired) electrons. The zero-order valence-corrected chi connectivity index (χ0v) is 12.8. The minimum Gasteiger partial charge on any atom is -0.338 e. The van der Waals surface area contributed by atoms with Crippen molar-refractivity contribution < 1.29 is 4.52 Å². The summed E-state index contributed by atoms with van der Waals surface area (Å²) >= 11 is 0. The van der Waals surface area contributed by atoms with Crippen molar-refractivity contribution >= 4 is 0 Å². The van der Waals surface area contributed by atoms with Crippen LogP contribution in [0.15, 0.2) is 4.52 Å². The van der Waals surface area contributed by atoms with Crippen molar-refractivity contribution in [3.63, 3.8) is 0 Å². The first-order valence-corrected chi connectivity index (χ1v) is 8.34. The molecule has 1 aliphatic carbocycles. The average Bonchev–Trinajstić information content (AvgIpc) is 2.97. The van der Waals surface area contributed by atoms with Crippen molar-refractivity contribution in [2.75, 3.05) is 6.54 Å². The molecule has 2 fully saturated rings. The first-order chi connectivity index (χ1) is 9.78. The first kappa shape index (κ1) is 14.1. The zero-order valence-electron chi connectivity index (χ0n) is 12.8. The van der Waals surface area contributed by atoms with Crippen LogP contribution in [0.5, 0.6) is 0 Å². The molecule has 2 aliphatic rings. The van der Waals surface area contributed by atoms with Crippen LogP contribution in [-0.2, 0) is 0 Å². The Morgan fingerprint density at radius 2 is 2.00 bits per heavy atom. The molecule has 2 atom stereocenters. The highest BCUT2D eigenvalue weighted by Gasteiger charge is 2.30. The van der Waals surface area contributed by atoms with E-state index in [9.17, 15) is 0 Å². The summed E-state index contributed by atoms with van der Waals surface area (Å²) in [6, 6.07) is 0.261. The Bertz CT molecular complexity index is 423. The van der Waals surface area contributed by atoms with Crippen LogP contribution in [0.3, 0.4) is 0 Å². The third-order valence-electron chi connectivity index (χ3n) is 5.28. The summed E-state index contributed by atoms with van der Waals surface area (Å²) in [7, 11) is 0. The molecule has 0 bridgehead atoms. The van der Waals surface area contributed by atoms with Gasteiger partial charge in [0.1, 0.15) is 0 Å². The molecular weight excluding hydrogens is 250 g/mol. The lowest BCUT2D eigenvalue weighted by Crippen LogP contribution is -2.33. The summed E-state index contributed by atoms with van der Waals surface area (Å²) < 4.78 is 5.56. The summed E-state index contributed by atoms with van der Waals surface area (Å²) in [4.78, 5) is 4.72. The van der Waals surface area contributed by atoms with Gasteiger partial charge in [-0.2, -0.15) is 4.98 Å². The second-order valence-electron chi connectivity index (χ2n) is 6.67. The normalized spacial score (nSPS) is 35.1. The molecule has 2 unspecified atom stereocenters. The molecule has 0 aromatic carbocycles. The van der Waals surface area contributed by atoms with Crippen molar-refractivity contribution in [1.29, 1.82) is 0 Å². The number of piperidine rings is 1. The van der Waals surface area contributed by atoms with Crippen LogP contribution in [0.2, 0.25) is 0 Å². The third kappa shape index (κ3) is 2.90. The molecule has 1 saturated carbocycles. The zero-order chi connectivity index (χ0) is 13.9. The van der Waals surface area contributed by atoms with Crippen LogP contribution in [-0.4, -0.2) is 16.7 Å². The molecule has 0 spiro atoms. The van der Waals surface area contributed by atoms with E-state index in [0.717, 1.165) is 24.2 Å². The maximum Gasteiger partial charge on any atom is 0.244 e. The Morgan fingerprint density at radius 3 is 2.70 bits per heavy atom. The summed E-state index contributed by atoms with van der Waals surface area (Å²) in [5, 5.41) is 7.80. The van der Waals surface area contributed by atoms with Gasteiger partial charge in [-0.3, -0.25) is 0 Å². The van der Waals surface area contributed by atoms with E-state index in [0.29, 0.717) is 11.8 Å². The molecule has 1 aliphatic heterocycles. The van der Waals surface area contributed by atoms with Crippen LogP contribution in [0.25, 0.3) is 0 Å². The Morgan fingerprint density at radius 1 is 1.20 bits per heavy atom. The van der Waals surface area contributed by atoms with Crippen molar-refractivity contribution in [2.45, 2.75) is 70.8 Å². The van der Waals surface area contributed by atoms with E-state index in [1.54, 1.807) is 0 Å². The highest BCUT2D eigenvalue weighted by molar-refractivity contribution is 5.02. The lowest BCUT2D eigenvalue weighted by Gasteiger charge is -2.27. The molecule has 1 N–H and O–H groups in total. The lowest BCUT2D eigenvalue weighted by molar-refractivity contribution is 0.238. The smallest absolute Gasteiger partial charge is 0.244 e. The van der Waals surface area contributed by atoms with Crippen LogP contribution < -0.4 is 5.32 Å². The minimum absolute atomic E-state index is 0.261. The van der Waals surface area contributed by atoms with Gasteiger partial charge in [0.2, 0.25) is 5.89 Å². The SMILES string of the molecule is CCC1CCC(c2noc(C3NCCCC3C)n2)CC1. The Hall–Kier alpha value is -0.900. The molecule has 0 amide bonds. The summed E-state index contributed by atoms with van der Waals surface area (Å²) in [5.41, 5.74) is 0. The van der Waals surface area contributed by atoms with E-state index in [4.69, 9.17) is 9.51 Å². The molecule has 1 aromatic heterocycles. The monoisotopic (exact) mass is 277 g/mol. The van der Waals surface area contributed by atoms with Gasteiger partial charge in [-0.25, -0.2) is 0 Å². The second-order valence-corrected chi connectivity index (χ2v) is 6.67.